The quantitative estimate of drug-likeness (QED) is 0.567. The lowest BCUT2D eigenvalue weighted by molar-refractivity contribution is -0.136. The summed E-state index contributed by atoms with van der Waals surface area (Å²) in [5.41, 5.74) is 1.85. The minimum atomic E-state index is -0.606. The lowest BCUT2D eigenvalue weighted by Gasteiger charge is -2.34. The second-order valence-corrected chi connectivity index (χ2v) is 8.40. The van der Waals surface area contributed by atoms with Crippen molar-refractivity contribution in [2.24, 2.45) is 11.8 Å². The highest BCUT2D eigenvalue weighted by atomic mass is 16.2. The highest BCUT2D eigenvalue weighted by Crippen LogP contribution is 2.21. The van der Waals surface area contributed by atoms with Gasteiger partial charge in [-0.25, -0.2) is 0 Å². The van der Waals surface area contributed by atoms with Crippen LogP contribution in [0.4, 0.5) is 5.69 Å². The molecule has 0 saturated carbocycles. The molecule has 150 valence electrons. The standard InChI is InChI=1S/C22H35N3O2/c1-16(2)19-7-9-20(10-8-19)24-22(27)21(26)23-11-5-6-12-25-14-17(3)13-18(4)15-25/h7-10,16-18H,5-6,11-15H2,1-4H3,(H,23,26)(H,24,27). The molecule has 5 nitrogen and oxygen atoms in total. The van der Waals surface area contributed by atoms with E-state index in [2.05, 4.69) is 43.2 Å². The van der Waals surface area contributed by atoms with Crippen LogP contribution < -0.4 is 10.6 Å². The number of carbonyl (C=O) groups excluding carboxylic acids is 2. The maximum Gasteiger partial charge on any atom is 0.313 e. The van der Waals surface area contributed by atoms with Crippen LogP contribution in [0.2, 0.25) is 0 Å². The Morgan fingerprint density at radius 1 is 1.04 bits per heavy atom. The summed E-state index contributed by atoms with van der Waals surface area (Å²) >= 11 is 0. The fourth-order valence-corrected chi connectivity index (χ4v) is 3.86. The van der Waals surface area contributed by atoms with Gasteiger partial charge in [0.15, 0.2) is 0 Å². The molecule has 2 N–H and O–H groups in total. The Balaban J connectivity index is 1.62. The van der Waals surface area contributed by atoms with Crippen LogP contribution in [0, 0.1) is 11.8 Å². The van der Waals surface area contributed by atoms with Crippen molar-refractivity contribution in [1.29, 1.82) is 0 Å². The SMILES string of the molecule is CC1CC(C)CN(CCCCNC(=O)C(=O)Nc2ccc(C(C)C)cc2)C1. The second kappa shape index (κ2) is 10.5. The zero-order chi connectivity index (χ0) is 19.8. The van der Waals surface area contributed by atoms with E-state index >= 15 is 0 Å². The third-order valence-electron chi connectivity index (χ3n) is 5.17. The van der Waals surface area contributed by atoms with E-state index in [9.17, 15) is 9.59 Å². The summed E-state index contributed by atoms with van der Waals surface area (Å²) in [6.45, 7) is 12.8. The van der Waals surface area contributed by atoms with Gasteiger partial charge in [0.25, 0.3) is 0 Å². The van der Waals surface area contributed by atoms with Crippen LogP contribution in [0.15, 0.2) is 24.3 Å². The molecule has 1 aromatic rings. The monoisotopic (exact) mass is 373 g/mol. The zero-order valence-electron chi connectivity index (χ0n) is 17.3. The average molecular weight is 374 g/mol. The van der Waals surface area contributed by atoms with Gasteiger partial charge in [-0.15, -0.1) is 0 Å². The molecule has 1 saturated heterocycles. The molecule has 1 aliphatic heterocycles. The number of rotatable bonds is 7. The van der Waals surface area contributed by atoms with Crippen molar-refractivity contribution in [3.05, 3.63) is 29.8 Å². The Morgan fingerprint density at radius 3 is 2.26 bits per heavy atom. The Morgan fingerprint density at radius 2 is 1.67 bits per heavy atom. The lowest BCUT2D eigenvalue weighted by atomic mass is 9.92. The summed E-state index contributed by atoms with van der Waals surface area (Å²) in [4.78, 5) is 26.4. The Hall–Kier alpha value is -1.88. The summed E-state index contributed by atoms with van der Waals surface area (Å²) in [6, 6.07) is 7.61. The molecular formula is C22H35N3O2. The summed E-state index contributed by atoms with van der Waals surface area (Å²) in [7, 11) is 0. The van der Waals surface area contributed by atoms with E-state index in [1.807, 2.05) is 24.3 Å². The predicted octanol–water partition coefficient (Wildman–Crippen LogP) is 3.62. The molecule has 1 aliphatic rings. The van der Waals surface area contributed by atoms with Gasteiger partial charge in [0.1, 0.15) is 0 Å². The first-order valence-electron chi connectivity index (χ1n) is 10.3. The first-order valence-corrected chi connectivity index (χ1v) is 10.3. The van der Waals surface area contributed by atoms with E-state index in [4.69, 9.17) is 0 Å². The molecule has 0 spiro atoms. The Kier molecular flexibility index (Phi) is 8.29. The van der Waals surface area contributed by atoms with Crippen LogP contribution in [-0.2, 0) is 9.59 Å². The summed E-state index contributed by atoms with van der Waals surface area (Å²) in [5.74, 6) is 0.807. The van der Waals surface area contributed by atoms with Gasteiger partial charge in [0, 0.05) is 25.3 Å². The van der Waals surface area contributed by atoms with Crippen LogP contribution in [0.1, 0.15) is 58.4 Å². The van der Waals surface area contributed by atoms with E-state index in [0.29, 0.717) is 18.2 Å². The minimum absolute atomic E-state index is 0.439. The number of amides is 2. The number of nitrogens with one attached hydrogen (secondary N) is 2. The van der Waals surface area contributed by atoms with Gasteiger partial charge in [-0.1, -0.05) is 39.8 Å². The van der Waals surface area contributed by atoms with E-state index in [1.165, 1.54) is 25.1 Å². The molecule has 2 amide bonds. The minimum Gasteiger partial charge on any atom is -0.348 e. The van der Waals surface area contributed by atoms with Crippen molar-refractivity contribution in [1.82, 2.24) is 10.2 Å². The number of carbonyl (C=O) groups is 2. The third kappa shape index (κ3) is 7.33. The Labute approximate surface area is 163 Å². The first kappa shape index (κ1) is 21.4. The van der Waals surface area contributed by atoms with E-state index in [1.54, 1.807) is 0 Å². The van der Waals surface area contributed by atoms with Crippen molar-refractivity contribution in [2.45, 2.75) is 52.9 Å². The van der Waals surface area contributed by atoms with E-state index in [0.717, 1.165) is 31.2 Å². The summed E-state index contributed by atoms with van der Waals surface area (Å²) in [5, 5.41) is 5.37. The molecule has 1 aromatic carbocycles. The number of anilines is 1. The molecule has 0 radical (unpaired) electrons. The molecule has 5 heteroatoms. The molecular weight excluding hydrogens is 338 g/mol. The van der Waals surface area contributed by atoms with Gasteiger partial charge in [-0.2, -0.15) is 0 Å². The van der Waals surface area contributed by atoms with Crippen LogP contribution in [0.5, 0.6) is 0 Å². The molecule has 2 atom stereocenters. The topological polar surface area (TPSA) is 61.4 Å². The number of nitrogens with zero attached hydrogens (tertiary/aromatic N) is 1. The maximum absolute atomic E-state index is 12.0. The fraction of sp³-hybridized carbons (Fsp3) is 0.636. The van der Waals surface area contributed by atoms with E-state index in [-0.39, 0.29) is 0 Å². The zero-order valence-corrected chi connectivity index (χ0v) is 17.3. The molecule has 2 unspecified atom stereocenters. The second-order valence-electron chi connectivity index (χ2n) is 8.40. The number of unbranched alkanes of at least 4 members (excludes halogenated alkanes) is 1. The highest BCUT2D eigenvalue weighted by Gasteiger charge is 2.21. The number of benzene rings is 1. The number of hydrogen-bond acceptors (Lipinski definition) is 3. The summed E-state index contributed by atoms with van der Waals surface area (Å²) in [6.07, 6.45) is 3.25. The van der Waals surface area contributed by atoms with Gasteiger partial charge in [0.05, 0.1) is 0 Å². The highest BCUT2D eigenvalue weighted by molar-refractivity contribution is 6.39. The lowest BCUT2D eigenvalue weighted by Crippen LogP contribution is -2.39. The molecule has 1 fully saturated rings. The summed E-state index contributed by atoms with van der Waals surface area (Å²) < 4.78 is 0. The van der Waals surface area contributed by atoms with Crippen molar-refractivity contribution < 1.29 is 9.59 Å². The van der Waals surface area contributed by atoms with Crippen LogP contribution in [0.25, 0.3) is 0 Å². The van der Waals surface area contributed by atoms with Crippen LogP contribution in [-0.4, -0.2) is 42.9 Å². The molecule has 1 heterocycles. The number of likely N-dealkylation sites (tertiary alicyclic amines) is 1. The first-order chi connectivity index (χ1) is 12.8. The van der Waals surface area contributed by atoms with Crippen LogP contribution in [0.3, 0.4) is 0 Å². The molecule has 0 aromatic heterocycles. The Bertz CT molecular complexity index is 602. The average Bonchev–Trinajstić information content (AvgIpc) is 2.60. The smallest absolute Gasteiger partial charge is 0.313 e. The molecule has 2 rings (SSSR count). The van der Waals surface area contributed by atoms with Gasteiger partial charge >= 0.3 is 11.8 Å². The van der Waals surface area contributed by atoms with Crippen molar-refractivity contribution >= 4 is 17.5 Å². The third-order valence-corrected chi connectivity index (χ3v) is 5.17. The number of hydrogen-bond donors (Lipinski definition) is 2. The van der Waals surface area contributed by atoms with Gasteiger partial charge in [0.2, 0.25) is 0 Å². The number of piperidine rings is 1. The van der Waals surface area contributed by atoms with Gasteiger partial charge < -0.3 is 15.5 Å². The van der Waals surface area contributed by atoms with Gasteiger partial charge in [-0.3, -0.25) is 9.59 Å². The van der Waals surface area contributed by atoms with Gasteiger partial charge in [-0.05, 0) is 61.3 Å². The van der Waals surface area contributed by atoms with Crippen molar-refractivity contribution in [3.63, 3.8) is 0 Å². The normalized spacial score (nSPS) is 20.5. The van der Waals surface area contributed by atoms with Crippen LogP contribution >= 0.6 is 0 Å². The molecule has 0 aliphatic carbocycles. The fourth-order valence-electron chi connectivity index (χ4n) is 3.86. The molecule has 0 bridgehead atoms. The van der Waals surface area contributed by atoms with Crippen molar-refractivity contribution in [3.8, 4) is 0 Å². The molecule has 27 heavy (non-hydrogen) atoms. The largest absolute Gasteiger partial charge is 0.348 e. The predicted molar refractivity (Wildman–Crippen MR) is 111 cm³/mol. The maximum atomic E-state index is 12.0. The van der Waals surface area contributed by atoms with Crippen molar-refractivity contribution in [2.75, 3.05) is 31.5 Å². The van der Waals surface area contributed by atoms with E-state index < -0.39 is 11.8 Å².